The molecule has 2 nitrogen and oxygen atoms in total. The van der Waals surface area contributed by atoms with Crippen molar-refractivity contribution in [3.8, 4) is 0 Å². The molecule has 0 saturated carbocycles. The van der Waals surface area contributed by atoms with Gasteiger partial charge in [0.25, 0.3) is 0 Å². The van der Waals surface area contributed by atoms with Crippen LogP contribution in [0.25, 0.3) is 0 Å². The molecular weight excluding hydrogens is 329 g/mol. The Balaban J connectivity index is 0.00000220. The maximum absolute atomic E-state index is 14.1. The second kappa shape index (κ2) is 11.2. The third kappa shape index (κ3) is 5.65. The number of hydrogen-bond acceptors (Lipinski definition) is 2. The van der Waals surface area contributed by atoms with Gasteiger partial charge < -0.3 is 5.32 Å². The predicted octanol–water partition coefficient (Wildman–Crippen LogP) is 4.34. The first-order chi connectivity index (χ1) is 9.74. The van der Waals surface area contributed by atoms with Crippen LogP contribution in [0, 0.1) is 11.6 Å². The Morgan fingerprint density at radius 3 is 2.45 bits per heavy atom. The Kier molecular flexibility index (Phi) is 11.0. The van der Waals surface area contributed by atoms with E-state index in [-0.39, 0.29) is 30.9 Å². The molecule has 0 amide bonds. The van der Waals surface area contributed by atoms with Crippen molar-refractivity contribution in [1.82, 2.24) is 10.2 Å². The van der Waals surface area contributed by atoms with Crippen molar-refractivity contribution in [2.75, 3.05) is 26.2 Å². The first-order valence-corrected chi connectivity index (χ1v) is 7.62. The molecule has 1 aromatic rings. The zero-order valence-electron chi connectivity index (χ0n) is 13.0. The number of halogens is 4. The average molecular weight is 355 g/mol. The first kappa shape index (κ1) is 21.6. The second-order valence-electron chi connectivity index (χ2n) is 5.44. The lowest BCUT2D eigenvalue weighted by Crippen LogP contribution is -2.45. The molecule has 0 bridgehead atoms. The van der Waals surface area contributed by atoms with Crippen molar-refractivity contribution in [2.45, 2.75) is 38.6 Å². The Labute approximate surface area is 144 Å². The summed E-state index contributed by atoms with van der Waals surface area (Å²) >= 11 is 0. The molecule has 1 saturated heterocycles. The van der Waals surface area contributed by atoms with Crippen molar-refractivity contribution < 1.29 is 8.78 Å². The summed E-state index contributed by atoms with van der Waals surface area (Å²) in [5.41, 5.74) is 0.517. The number of nitrogens with zero attached hydrogens (tertiary/aromatic N) is 1. The molecule has 1 atom stereocenters. The van der Waals surface area contributed by atoms with Gasteiger partial charge in [-0.1, -0.05) is 38.3 Å². The molecule has 0 radical (unpaired) electrons. The van der Waals surface area contributed by atoms with Crippen LogP contribution in [-0.4, -0.2) is 31.1 Å². The fourth-order valence-corrected chi connectivity index (χ4v) is 2.89. The van der Waals surface area contributed by atoms with E-state index in [9.17, 15) is 8.78 Å². The second-order valence-corrected chi connectivity index (χ2v) is 5.44. The van der Waals surface area contributed by atoms with E-state index in [1.807, 2.05) is 0 Å². The standard InChI is InChI=1S/C16H24F2N2.2ClH/c1-2-3-4-8-15(20-11-9-19-10-12-20)13-6-5-7-14(17)16(13)18;;/h5-7,15,19H,2-4,8-12H2,1H3;2*1H/t15-;;/m0../s1. The highest BCUT2D eigenvalue weighted by atomic mass is 35.5. The normalized spacial score (nSPS) is 16.5. The highest BCUT2D eigenvalue weighted by Crippen LogP contribution is 2.29. The van der Waals surface area contributed by atoms with Gasteiger partial charge in [0, 0.05) is 37.8 Å². The molecule has 1 aromatic carbocycles. The van der Waals surface area contributed by atoms with E-state index in [1.54, 1.807) is 12.1 Å². The molecule has 0 aromatic heterocycles. The van der Waals surface area contributed by atoms with Crippen LogP contribution in [-0.2, 0) is 0 Å². The van der Waals surface area contributed by atoms with Crippen molar-refractivity contribution in [2.24, 2.45) is 0 Å². The minimum atomic E-state index is -0.738. The fourth-order valence-electron chi connectivity index (χ4n) is 2.89. The molecular formula is C16H26Cl2F2N2. The summed E-state index contributed by atoms with van der Waals surface area (Å²) in [6.45, 7) is 5.78. The Hall–Kier alpha value is -0.420. The van der Waals surface area contributed by atoms with Crippen molar-refractivity contribution >= 4 is 24.8 Å². The van der Waals surface area contributed by atoms with Gasteiger partial charge in [-0.15, -0.1) is 24.8 Å². The lowest BCUT2D eigenvalue weighted by Gasteiger charge is -2.35. The van der Waals surface area contributed by atoms with Crippen LogP contribution in [0.5, 0.6) is 0 Å². The van der Waals surface area contributed by atoms with Crippen molar-refractivity contribution in [3.05, 3.63) is 35.4 Å². The molecule has 1 N–H and O–H groups in total. The largest absolute Gasteiger partial charge is 0.314 e. The van der Waals surface area contributed by atoms with E-state index < -0.39 is 11.6 Å². The van der Waals surface area contributed by atoms with Gasteiger partial charge in [-0.05, 0) is 12.5 Å². The summed E-state index contributed by atoms with van der Waals surface area (Å²) in [4.78, 5) is 2.28. The minimum absolute atomic E-state index is 0. The molecule has 1 aliphatic rings. The molecule has 6 heteroatoms. The molecule has 0 aliphatic carbocycles. The first-order valence-electron chi connectivity index (χ1n) is 7.62. The number of unbranched alkanes of at least 4 members (excludes halogenated alkanes) is 2. The molecule has 1 heterocycles. The Morgan fingerprint density at radius 1 is 1.14 bits per heavy atom. The van der Waals surface area contributed by atoms with E-state index in [0.717, 1.165) is 51.9 Å². The van der Waals surface area contributed by atoms with E-state index in [2.05, 4.69) is 17.1 Å². The number of nitrogens with one attached hydrogen (secondary N) is 1. The van der Waals surface area contributed by atoms with Gasteiger partial charge >= 0.3 is 0 Å². The third-order valence-electron chi connectivity index (χ3n) is 4.01. The van der Waals surface area contributed by atoms with Gasteiger partial charge in [-0.25, -0.2) is 8.78 Å². The van der Waals surface area contributed by atoms with Crippen LogP contribution >= 0.6 is 24.8 Å². The maximum atomic E-state index is 14.1. The van der Waals surface area contributed by atoms with Crippen LogP contribution in [0.4, 0.5) is 8.78 Å². The monoisotopic (exact) mass is 354 g/mol. The molecule has 0 spiro atoms. The number of benzene rings is 1. The molecule has 128 valence electrons. The SMILES string of the molecule is CCCCC[C@@H](c1cccc(F)c1F)N1CCNCC1.Cl.Cl. The van der Waals surface area contributed by atoms with Crippen LogP contribution in [0.2, 0.25) is 0 Å². The Bertz CT molecular complexity index is 427. The summed E-state index contributed by atoms with van der Waals surface area (Å²) in [5.74, 6) is -1.41. The highest BCUT2D eigenvalue weighted by molar-refractivity contribution is 5.85. The van der Waals surface area contributed by atoms with Crippen LogP contribution in [0.1, 0.15) is 44.2 Å². The summed E-state index contributed by atoms with van der Waals surface area (Å²) in [6.07, 6.45) is 4.23. The Morgan fingerprint density at radius 2 is 1.82 bits per heavy atom. The highest BCUT2D eigenvalue weighted by Gasteiger charge is 2.25. The van der Waals surface area contributed by atoms with E-state index in [0.29, 0.717) is 5.56 Å². The third-order valence-corrected chi connectivity index (χ3v) is 4.01. The van der Waals surface area contributed by atoms with E-state index >= 15 is 0 Å². The smallest absolute Gasteiger partial charge is 0.163 e. The van der Waals surface area contributed by atoms with Crippen molar-refractivity contribution in [3.63, 3.8) is 0 Å². The van der Waals surface area contributed by atoms with E-state index in [1.165, 1.54) is 6.07 Å². The van der Waals surface area contributed by atoms with Crippen LogP contribution in [0.15, 0.2) is 18.2 Å². The predicted molar refractivity (Wildman–Crippen MR) is 92.2 cm³/mol. The summed E-state index contributed by atoms with van der Waals surface area (Å²) < 4.78 is 27.6. The molecule has 1 aliphatic heterocycles. The number of piperazine rings is 1. The molecule has 0 unspecified atom stereocenters. The van der Waals surface area contributed by atoms with Gasteiger partial charge in [0.1, 0.15) is 0 Å². The van der Waals surface area contributed by atoms with E-state index in [4.69, 9.17) is 0 Å². The minimum Gasteiger partial charge on any atom is -0.314 e. The van der Waals surface area contributed by atoms with Crippen LogP contribution < -0.4 is 5.32 Å². The van der Waals surface area contributed by atoms with Gasteiger partial charge in [0.2, 0.25) is 0 Å². The van der Waals surface area contributed by atoms with Gasteiger partial charge in [-0.2, -0.15) is 0 Å². The average Bonchev–Trinajstić information content (AvgIpc) is 2.48. The lowest BCUT2D eigenvalue weighted by molar-refractivity contribution is 0.159. The van der Waals surface area contributed by atoms with Gasteiger partial charge in [0.15, 0.2) is 11.6 Å². The zero-order valence-corrected chi connectivity index (χ0v) is 14.6. The zero-order chi connectivity index (χ0) is 14.4. The van der Waals surface area contributed by atoms with Crippen LogP contribution in [0.3, 0.4) is 0 Å². The summed E-state index contributed by atoms with van der Waals surface area (Å²) in [5, 5.41) is 3.30. The van der Waals surface area contributed by atoms with Gasteiger partial charge in [-0.3, -0.25) is 4.90 Å². The van der Waals surface area contributed by atoms with Gasteiger partial charge in [0.05, 0.1) is 0 Å². The topological polar surface area (TPSA) is 15.3 Å². The fraction of sp³-hybridized carbons (Fsp3) is 0.625. The quantitative estimate of drug-likeness (QED) is 0.764. The van der Waals surface area contributed by atoms with Crippen molar-refractivity contribution in [1.29, 1.82) is 0 Å². The maximum Gasteiger partial charge on any atom is 0.163 e. The number of rotatable bonds is 6. The molecule has 22 heavy (non-hydrogen) atoms. The summed E-state index contributed by atoms with van der Waals surface area (Å²) in [6, 6.07) is 4.54. The number of hydrogen-bond donors (Lipinski definition) is 1. The molecule has 2 rings (SSSR count). The summed E-state index contributed by atoms with van der Waals surface area (Å²) in [7, 11) is 0. The molecule has 1 fully saturated rings. The lowest BCUT2D eigenvalue weighted by atomic mass is 9.97.